The van der Waals surface area contributed by atoms with Gasteiger partial charge in [0.15, 0.2) is 16.7 Å². The van der Waals surface area contributed by atoms with Crippen LogP contribution in [0.5, 0.6) is 11.5 Å². The predicted octanol–water partition coefficient (Wildman–Crippen LogP) is 3.62. The van der Waals surface area contributed by atoms with Gasteiger partial charge in [0.1, 0.15) is 6.33 Å². The number of carbonyl (C=O) groups is 2. The van der Waals surface area contributed by atoms with Crippen molar-refractivity contribution in [1.82, 2.24) is 25.6 Å². The second-order valence-corrected chi connectivity index (χ2v) is 8.86. The first kappa shape index (κ1) is 25.1. The Morgan fingerprint density at radius 2 is 1.68 bits per heavy atom. The molecule has 180 valence electrons. The van der Waals surface area contributed by atoms with E-state index in [9.17, 15) is 9.59 Å². The van der Waals surface area contributed by atoms with Gasteiger partial charge in [-0.15, -0.1) is 10.2 Å². The fourth-order valence-electron chi connectivity index (χ4n) is 2.85. The summed E-state index contributed by atoms with van der Waals surface area (Å²) in [6, 6.07) is 12.1. The van der Waals surface area contributed by atoms with Crippen molar-refractivity contribution in [2.24, 2.45) is 13.0 Å². The minimum Gasteiger partial charge on any atom is -0.490 e. The van der Waals surface area contributed by atoms with E-state index in [-0.39, 0.29) is 0 Å². The largest absolute Gasteiger partial charge is 0.490 e. The summed E-state index contributed by atoms with van der Waals surface area (Å²) in [5.41, 5.74) is 6.70. The molecule has 0 atom stereocenters. The molecule has 0 saturated heterocycles. The van der Waals surface area contributed by atoms with Crippen LogP contribution in [0.3, 0.4) is 0 Å². The maximum atomic E-state index is 12.6. The van der Waals surface area contributed by atoms with Crippen LogP contribution in [0, 0.1) is 5.92 Å². The van der Waals surface area contributed by atoms with Gasteiger partial charge < -0.3 is 14.0 Å². The molecule has 0 radical (unpaired) electrons. The molecule has 34 heavy (non-hydrogen) atoms. The lowest BCUT2D eigenvalue weighted by molar-refractivity contribution is 0.0846. The Bertz CT molecular complexity index is 1110. The molecule has 0 aliphatic rings. The molecule has 3 rings (SSSR count). The molecule has 2 N–H and O–H groups in total. The fraction of sp³-hybridized carbons (Fsp3) is 0.333. The van der Waals surface area contributed by atoms with Crippen molar-refractivity contribution in [3.63, 3.8) is 0 Å². The van der Waals surface area contributed by atoms with E-state index in [0.29, 0.717) is 47.5 Å². The van der Waals surface area contributed by atoms with E-state index < -0.39 is 11.8 Å². The summed E-state index contributed by atoms with van der Waals surface area (Å²) in [6.07, 6.45) is 1.65. The number of aromatic nitrogens is 3. The summed E-state index contributed by atoms with van der Waals surface area (Å²) in [5, 5.41) is 8.70. The average Bonchev–Trinajstić information content (AvgIpc) is 3.25. The van der Waals surface area contributed by atoms with Crippen molar-refractivity contribution < 1.29 is 19.1 Å². The lowest BCUT2D eigenvalue weighted by Crippen LogP contribution is -2.41. The number of thioether (sulfide) groups is 1. The Kier molecular flexibility index (Phi) is 8.92. The number of amides is 2. The number of benzene rings is 2. The highest BCUT2D eigenvalue weighted by Crippen LogP contribution is 2.29. The van der Waals surface area contributed by atoms with E-state index >= 15 is 0 Å². The molecule has 0 aliphatic carbocycles. The van der Waals surface area contributed by atoms with E-state index in [1.54, 1.807) is 48.4 Å². The van der Waals surface area contributed by atoms with Gasteiger partial charge in [0, 0.05) is 23.9 Å². The highest BCUT2D eigenvalue weighted by Gasteiger charge is 2.14. The molecule has 0 fully saturated rings. The second-order valence-electron chi connectivity index (χ2n) is 7.92. The number of nitrogens with zero attached hydrogens (tertiary/aromatic N) is 3. The summed E-state index contributed by atoms with van der Waals surface area (Å²) in [6.45, 7) is 6.94. The fourth-order valence-corrected chi connectivity index (χ4v) is 3.70. The number of hydrogen-bond donors (Lipinski definition) is 2. The van der Waals surface area contributed by atoms with Crippen LogP contribution in [0.2, 0.25) is 0 Å². The van der Waals surface area contributed by atoms with Crippen molar-refractivity contribution in [3.05, 3.63) is 65.5 Å². The van der Waals surface area contributed by atoms with Crippen molar-refractivity contribution >= 4 is 23.6 Å². The number of ether oxygens (including phenoxy) is 2. The van der Waals surface area contributed by atoms with Crippen LogP contribution in [-0.4, -0.2) is 39.8 Å². The molecule has 1 heterocycles. The molecule has 10 heteroatoms. The summed E-state index contributed by atoms with van der Waals surface area (Å²) in [5.74, 6) is 1.25. The molecule has 9 nitrogen and oxygen atoms in total. The van der Waals surface area contributed by atoms with E-state index in [2.05, 4.69) is 34.9 Å². The van der Waals surface area contributed by atoms with Crippen LogP contribution in [-0.2, 0) is 12.8 Å². The van der Waals surface area contributed by atoms with Gasteiger partial charge in [-0.3, -0.25) is 20.4 Å². The number of rotatable bonds is 10. The van der Waals surface area contributed by atoms with Crippen molar-refractivity contribution in [2.45, 2.75) is 31.7 Å². The number of carbonyl (C=O) groups excluding carboxylic acids is 2. The first-order chi connectivity index (χ1) is 16.4. The molecule has 0 unspecified atom stereocenters. The standard InChI is InChI=1S/C24H29N5O4S/c1-5-32-21-12-19(10-11-20(21)33-13-16(2)3)23(31)27-26-22(30)18-8-6-17(7-9-18)14-34-24-28-25-15-29(24)4/h6-12,15-16H,5,13-14H2,1-4H3,(H,26,30)(H,27,31). The molecule has 0 spiro atoms. The third-order valence-electron chi connectivity index (χ3n) is 4.62. The molecule has 0 bridgehead atoms. The van der Waals surface area contributed by atoms with Crippen LogP contribution in [0.15, 0.2) is 53.9 Å². The van der Waals surface area contributed by atoms with Crippen LogP contribution < -0.4 is 20.3 Å². The maximum Gasteiger partial charge on any atom is 0.269 e. The monoisotopic (exact) mass is 483 g/mol. The van der Waals surface area contributed by atoms with E-state index in [4.69, 9.17) is 9.47 Å². The molecule has 3 aromatic rings. The molecular weight excluding hydrogens is 454 g/mol. The Morgan fingerprint density at radius 1 is 1.00 bits per heavy atom. The molecule has 2 aromatic carbocycles. The first-order valence-electron chi connectivity index (χ1n) is 10.9. The van der Waals surface area contributed by atoms with Gasteiger partial charge in [0.2, 0.25) is 0 Å². The van der Waals surface area contributed by atoms with Crippen LogP contribution in [0.4, 0.5) is 0 Å². The summed E-state index contributed by atoms with van der Waals surface area (Å²) < 4.78 is 13.2. The van der Waals surface area contributed by atoms with Crippen molar-refractivity contribution in [2.75, 3.05) is 13.2 Å². The predicted molar refractivity (Wildman–Crippen MR) is 130 cm³/mol. The molecule has 0 aliphatic heterocycles. The third kappa shape index (κ3) is 6.98. The van der Waals surface area contributed by atoms with Crippen LogP contribution in [0.1, 0.15) is 47.1 Å². The van der Waals surface area contributed by atoms with Gasteiger partial charge in [-0.1, -0.05) is 37.7 Å². The molecule has 2 amide bonds. The third-order valence-corrected chi connectivity index (χ3v) is 5.73. The van der Waals surface area contributed by atoms with E-state index in [0.717, 1.165) is 10.7 Å². The highest BCUT2D eigenvalue weighted by molar-refractivity contribution is 7.98. The van der Waals surface area contributed by atoms with Gasteiger partial charge in [0.25, 0.3) is 11.8 Å². The lowest BCUT2D eigenvalue weighted by Gasteiger charge is -2.15. The van der Waals surface area contributed by atoms with E-state index in [1.165, 1.54) is 0 Å². The molecule has 0 saturated carbocycles. The molecular formula is C24H29N5O4S. The highest BCUT2D eigenvalue weighted by atomic mass is 32.2. The summed E-state index contributed by atoms with van der Waals surface area (Å²) >= 11 is 1.56. The van der Waals surface area contributed by atoms with Crippen LogP contribution in [0.25, 0.3) is 0 Å². The summed E-state index contributed by atoms with van der Waals surface area (Å²) in [4.78, 5) is 25.0. The minimum absolute atomic E-state index is 0.344. The number of hydrogen-bond acceptors (Lipinski definition) is 7. The van der Waals surface area contributed by atoms with Gasteiger partial charge in [-0.05, 0) is 48.7 Å². The quantitative estimate of drug-likeness (QED) is 0.335. The zero-order valence-corrected chi connectivity index (χ0v) is 20.5. The Labute approximate surface area is 203 Å². The van der Waals surface area contributed by atoms with Gasteiger partial charge in [-0.25, -0.2) is 0 Å². The van der Waals surface area contributed by atoms with Crippen molar-refractivity contribution in [3.8, 4) is 11.5 Å². The Balaban J connectivity index is 1.55. The lowest BCUT2D eigenvalue weighted by atomic mass is 10.1. The number of aryl methyl sites for hydroxylation is 1. The first-order valence-corrected chi connectivity index (χ1v) is 11.9. The summed E-state index contributed by atoms with van der Waals surface area (Å²) in [7, 11) is 1.89. The van der Waals surface area contributed by atoms with Gasteiger partial charge >= 0.3 is 0 Å². The Hall–Kier alpha value is -3.53. The second kappa shape index (κ2) is 12.1. The minimum atomic E-state index is -0.457. The Morgan fingerprint density at radius 3 is 2.29 bits per heavy atom. The van der Waals surface area contributed by atoms with Crippen LogP contribution >= 0.6 is 11.8 Å². The van der Waals surface area contributed by atoms with Gasteiger partial charge in [0.05, 0.1) is 13.2 Å². The zero-order chi connectivity index (χ0) is 24.5. The zero-order valence-electron chi connectivity index (χ0n) is 19.7. The number of nitrogens with one attached hydrogen (secondary N) is 2. The SMILES string of the molecule is CCOc1cc(C(=O)NNC(=O)c2ccc(CSc3nncn3C)cc2)ccc1OCC(C)C. The molecule has 1 aromatic heterocycles. The normalized spacial score (nSPS) is 10.7. The number of hydrazine groups is 1. The smallest absolute Gasteiger partial charge is 0.269 e. The average molecular weight is 484 g/mol. The van der Waals surface area contributed by atoms with E-state index in [1.807, 2.05) is 30.7 Å². The maximum absolute atomic E-state index is 12.6. The topological polar surface area (TPSA) is 107 Å². The van der Waals surface area contributed by atoms with Gasteiger partial charge in [-0.2, -0.15) is 0 Å². The van der Waals surface area contributed by atoms with Crippen molar-refractivity contribution in [1.29, 1.82) is 0 Å².